The summed E-state index contributed by atoms with van der Waals surface area (Å²) in [7, 11) is 4.66. The van der Waals surface area contributed by atoms with Gasteiger partial charge in [-0.25, -0.2) is 9.59 Å². The van der Waals surface area contributed by atoms with Gasteiger partial charge in [0.15, 0.2) is 5.78 Å². The highest BCUT2D eigenvalue weighted by atomic mass is 16.6. The molecule has 3 aliphatic heterocycles. The van der Waals surface area contributed by atoms with Crippen molar-refractivity contribution in [3.63, 3.8) is 0 Å². The van der Waals surface area contributed by atoms with Crippen molar-refractivity contribution in [2.75, 3.05) is 27.8 Å². The number of Topliss-reactive ketones (excluding diaryl/α,β-unsaturated/α-hetero) is 2. The summed E-state index contributed by atoms with van der Waals surface area (Å²) in [5.41, 5.74) is 0.586. The predicted molar refractivity (Wildman–Crippen MR) is 272 cm³/mol. The molecule has 0 aromatic heterocycles. The van der Waals surface area contributed by atoms with Crippen molar-refractivity contribution in [2.45, 2.75) is 213 Å². The standard InChI is InChI=1S/C56H90N2O13/c1-34-19-15-14-16-20-36(3)44(57(11)54(65)71-55(8,9)10)33-42-25-23-40(7)56(66,70-42)51(62)52(63)58-28-18-17-21-43(58)53(64)69-46(37(4)31-41-24-26-45(59)47(32-41)67-12)27-22-35(2)30-39(6)49(61)50(68-13)48(60)38(5)29-34/h14-16,19-20,30,34-35,37-38,40-47,49-50,59,61,66H,17-18,21-29,31-33H2,1-13H3/b16-14+,19-15+,36-20+,39-30+/t34-,35+,37-,38-,40-,41+,42+,43+,44-,45-,46+,47-,49-,50+,56-/m1/s1. The van der Waals surface area contributed by atoms with Crippen molar-refractivity contribution in [1.82, 2.24) is 9.80 Å². The molecule has 2 amide bonds. The Kier molecular flexibility index (Phi) is 22.7. The number of methoxy groups -OCH3 is 2. The van der Waals surface area contributed by atoms with Crippen LogP contribution in [0.2, 0.25) is 0 Å². The molecule has 15 atom stereocenters. The molecule has 1 saturated carbocycles. The first-order valence-corrected chi connectivity index (χ1v) is 26.4. The predicted octanol–water partition coefficient (Wildman–Crippen LogP) is 8.22. The average molecular weight is 999 g/mol. The van der Waals surface area contributed by atoms with Gasteiger partial charge in [-0.15, -0.1) is 0 Å². The van der Waals surface area contributed by atoms with Gasteiger partial charge in [0, 0.05) is 39.6 Å². The van der Waals surface area contributed by atoms with Crippen LogP contribution in [0.1, 0.15) is 153 Å². The lowest BCUT2D eigenvalue weighted by Gasteiger charge is -2.43. The van der Waals surface area contributed by atoms with Gasteiger partial charge < -0.3 is 48.8 Å². The van der Waals surface area contributed by atoms with E-state index in [0.717, 1.165) is 12.0 Å². The molecule has 4 aliphatic rings. The Balaban J connectivity index is 1.73. The number of esters is 1. The average Bonchev–Trinajstić information content (AvgIpc) is 3.31. The molecule has 71 heavy (non-hydrogen) atoms. The van der Waals surface area contributed by atoms with Crippen LogP contribution in [0.25, 0.3) is 0 Å². The van der Waals surface area contributed by atoms with Gasteiger partial charge in [0.05, 0.1) is 24.4 Å². The van der Waals surface area contributed by atoms with Crippen molar-refractivity contribution < 1.29 is 63.0 Å². The molecular formula is C56H90N2O13. The molecule has 2 bridgehead atoms. The molecule has 0 aromatic carbocycles. The highest BCUT2D eigenvalue weighted by Gasteiger charge is 2.53. The minimum atomic E-state index is -2.49. The smallest absolute Gasteiger partial charge is 0.410 e. The zero-order valence-corrected chi connectivity index (χ0v) is 45.3. The zero-order chi connectivity index (χ0) is 53.0. The zero-order valence-electron chi connectivity index (χ0n) is 45.3. The number of nitrogens with zero attached hydrogens (tertiary/aromatic N) is 2. The van der Waals surface area contributed by atoms with Crippen LogP contribution in [0.15, 0.2) is 47.6 Å². The fraction of sp³-hybridized carbons (Fsp3) is 0.768. The molecule has 0 unspecified atom stereocenters. The van der Waals surface area contributed by atoms with Gasteiger partial charge in [-0.05, 0) is 147 Å². The summed E-state index contributed by atoms with van der Waals surface area (Å²) in [5, 5.41) is 34.3. The summed E-state index contributed by atoms with van der Waals surface area (Å²) in [5.74, 6) is -6.65. The van der Waals surface area contributed by atoms with E-state index in [9.17, 15) is 39.3 Å². The van der Waals surface area contributed by atoms with Crippen LogP contribution in [0.3, 0.4) is 0 Å². The van der Waals surface area contributed by atoms with E-state index >= 15 is 0 Å². The van der Waals surface area contributed by atoms with Gasteiger partial charge in [0.1, 0.15) is 30.0 Å². The molecule has 4 rings (SSSR count). The molecule has 402 valence electrons. The Morgan fingerprint density at radius 1 is 0.873 bits per heavy atom. The Morgan fingerprint density at radius 3 is 2.24 bits per heavy atom. The van der Waals surface area contributed by atoms with E-state index in [-0.39, 0.29) is 54.9 Å². The van der Waals surface area contributed by atoms with Crippen LogP contribution in [0, 0.1) is 35.5 Å². The van der Waals surface area contributed by atoms with Crippen molar-refractivity contribution in [1.29, 1.82) is 0 Å². The van der Waals surface area contributed by atoms with Gasteiger partial charge in [0.25, 0.3) is 11.7 Å². The lowest BCUT2D eigenvalue weighted by molar-refractivity contribution is -0.264. The third-order valence-corrected chi connectivity index (χ3v) is 15.4. The number of amides is 2. The number of rotatable bonds is 6. The molecule has 3 N–H and O–H groups in total. The number of ketones is 2. The quantitative estimate of drug-likeness (QED) is 0.131. The van der Waals surface area contributed by atoms with E-state index in [4.69, 9.17) is 23.7 Å². The highest BCUT2D eigenvalue weighted by molar-refractivity contribution is 6.39. The maximum atomic E-state index is 14.5. The molecule has 3 heterocycles. The third kappa shape index (κ3) is 16.6. The van der Waals surface area contributed by atoms with Crippen LogP contribution in [-0.4, -0.2) is 143 Å². The summed E-state index contributed by atoms with van der Waals surface area (Å²) in [6.45, 7) is 18.7. The summed E-state index contributed by atoms with van der Waals surface area (Å²) in [6, 6.07) is -1.67. The van der Waals surface area contributed by atoms with Crippen molar-refractivity contribution >= 4 is 29.5 Å². The van der Waals surface area contributed by atoms with Crippen molar-refractivity contribution in [3.05, 3.63) is 47.6 Å². The van der Waals surface area contributed by atoms with E-state index < -0.39 is 89.6 Å². The summed E-state index contributed by atoms with van der Waals surface area (Å²) in [6.07, 6.45) is 13.1. The van der Waals surface area contributed by atoms with E-state index in [1.807, 2.05) is 71.1 Å². The maximum Gasteiger partial charge on any atom is 0.410 e. The molecule has 0 radical (unpaired) electrons. The van der Waals surface area contributed by atoms with E-state index in [1.165, 1.54) is 16.9 Å². The molecular weight excluding hydrogens is 909 g/mol. The van der Waals surface area contributed by atoms with E-state index in [0.29, 0.717) is 69.8 Å². The van der Waals surface area contributed by atoms with Gasteiger partial charge >= 0.3 is 12.1 Å². The molecule has 3 fully saturated rings. The molecule has 0 spiro atoms. The maximum absolute atomic E-state index is 14.5. The van der Waals surface area contributed by atoms with Gasteiger partial charge in [0.2, 0.25) is 5.79 Å². The second-order valence-corrected chi connectivity index (χ2v) is 22.6. The number of aliphatic hydroxyl groups is 3. The number of hydrogen-bond acceptors (Lipinski definition) is 13. The Morgan fingerprint density at radius 2 is 1.58 bits per heavy atom. The number of carbonyl (C=O) groups is 5. The monoisotopic (exact) mass is 999 g/mol. The van der Waals surface area contributed by atoms with Gasteiger partial charge in [-0.1, -0.05) is 76.6 Å². The summed E-state index contributed by atoms with van der Waals surface area (Å²) >= 11 is 0. The van der Waals surface area contributed by atoms with Crippen LogP contribution in [0.5, 0.6) is 0 Å². The SMILES string of the molecule is CO[C@@H]1C[C@H](C[C@@H](C)[C@@H]2CC[C@H](C)/C=C(\C)[C@@H](O)[C@@H](OC)C(=O)[C@H](C)C[C@H](C)/C=C/C=C/C=C(\C)[C@H](N(C)C(=O)OC(C)(C)C)C[C@@H]3CC[C@@H](C)[C@@](O)(O3)C(=O)C(=O)N3CCCC[C@H]3C(=O)O2)CC[C@H]1O. The van der Waals surface area contributed by atoms with Crippen LogP contribution < -0.4 is 0 Å². The van der Waals surface area contributed by atoms with Crippen molar-refractivity contribution in [3.8, 4) is 0 Å². The first kappa shape index (κ1) is 59.8. The first-order valence-electron chi connectivity index (χ1n) is 26.4. The normalized spacial score (nSPS) is 38.1. The lowest BCUT2D eigenvalue weighted by Crippen LogP contribution is -2.61. The Hall–Kier alpha value is -3.73. The number of ether oxygens (including phenoxy) is 5. The van der Waals surface area contributed by atoms with Crippen LogP contribution >= 0.6 is 0 Å². The summed E-state index contributed by atoms with van der Waals surface area (Å²) < 4.78 is 29.8. The molecule has 15 heteroatoms. The number of aliphatic hydroxyl groups excluding tert-OH is 2. The first-order chi connectivity index (χ1) is 33.3. The van der Waals surface area contributed by atoms with E-state index in [2.05, 4.69) is 0 Å². The highest BCUT2D eigenvalue weighted by Crippen LogP contribution is 2.38. The largest absolute Gasteiger partial charge is 0.461 e. The fourth-order valence-corrected chi connectivity index (χ4v) is 11.0. The second kappa shape index (κ2) is 27.0. The van der Waals surface area contributed by atoms with Crippen molar-refractivity contribution in [2.24, 2.45) is 35.5 Å². The molecule has 15 nitrogen and oxygen atoms in total. The fourth-order valence-electron chi connectivity index (χ4n) is 11.0. The van der Waals surface area contributed by atoms with Crippen LogP contribution in [0.4, 0.5) is 4.79 Å². The van der Waals surface area contributed by atoms with Gasteiger partial charge in [-0.2, -0.15) is 0 Å². The minimum absolute atomic E-state index is 0.00700. The minimum Gasteiger partial charge on any atom is -0.461 e. The number of cyclic esters (lactones) is 1. The molecule has 1 aliphatic carbocycles. The number of carbonyl (C=O) groups excluding carboxylic acids is 5. The number of fused-ring (bicyclic) bond motifs is 3. The topological polar surface area (TPSA) is 199 Å². The van der Waals surface area contributed by atoms with Crippen LogP contribution in [-0.2, 0) is 42.9 Å². The number of hydrogen-bond donors (Lipinski definition) is 3. The third-order valence-electron chi connectivity index (χ3n) is 15.4. The number of piperidine rings is 1. The molecule has 2 saturated heterocycles. The molecule has 0 aromatic rings. The van der Waals surface area contributed by atoms with Gasteiger partial charge in [-0.3, -0.25) is 14.4 Å². The summed E-state index contributed by atoms with van der Waals surface area (Å²) in [4.78, 5) is 73.5. The van der Waals surface area contributed by atoms with E-state index in [1.54, 1.807) is 48.8 Å². The number of likely N-dealkylation sites (N-methyl/N-ethyl adjacent to an activating group) is 1. The second-order valence-electron chi connectivity index (χ2n) is 22.6. The Labute approximate surface area is 424 Å². The lowest BCUT2D eigenvalue weighted by atomic mass is 9.78. The Bertz CT molecular complexity index is 1920. The number of allylic oxidation sites excluding steroid dienone is 6.